The monoisotopic (exact) mass is 292 g/mol. The van der Waals surface area contributed by atoms with Gasteiger partial charge in [0, 0.05) is 17.1 Å². The molecule has 0 unspecified atom stereocenters. The van der Waals surface area contributed by atoms with Crippen LogP contribution < -0.4 is 4.74 Å². The van der Waals surface area contributed by atoms with Gasteiger partial charge in [0.25, 0.3) is 0 Å². The van der Waals surface area contributed by atoms with Crippen LogP contribution in [0.5, 0.6) is 5.75 Å². The molecule has 1 aliphatic rings. The van der Waals surface area contributed by atoms with E-state index in [-0.39, 0.29) is 0 Å². The van der Waals surface area contributed by atoms with Crippen LogP contribution in [0.4, 0.5) is 0 Å². The zero-order valence-electron chi connectivity index (χ0n) is 11.7. The Hall–Kier alpha value is -1.42. The molecule has 3 nitrogen and oxygen atoms in total. The van der Waals surface area contributed by atoms with E-state index in [1.54, 1.807) is 13.2 Å². The molecule has 0 spiro atoms. The second-order valence-corrected chi connectivity index (χ2v) is 6.24. The number of carboxylic acid groups (broad SMARTS) is 1. The highest BCUT2D eigenvalue weighted by molar-refractivity contribution is 7.99. The van der Waals surface area contributed by atoms with Crippen LogP contribution in [-0.2, 0) is 10.5 Å². The van der Waals surface area contributed by atoms with E-state index in [1.807, 2.05) is 30.0 Å². The van der Waals surface area contributed by atoms with E-state index in [4.69, 9.17) is 9.84 Å². The van der Waals surface area contributed by atoms with Crippen molar-refractivity contribution in [1.29, 1.82) is 0 Å². The molecule has 1 saturated carbocycles. The maximum atomic E-state index is 10.7. The van der Waals surface area contributed by atoms with Crippen molar-refractivity contribution in [1.82, 2.24) is 0 Å². The minimum atomic E-state index is -0.921. The van der Waals surface area contributed by atoms with Crippen LogP contribution in [0.25, 0.3) is 6.08 Å². The number of hydrogen-bond acceptors (Lipinski definition) is 3. The summed E-state index contributed by atoms with van der Waals surface area (Å²) in [6, 6.07) is 5.79. The van der Waals surface area contributed by atoms with Gasteiger partial charge in [0.2, 0.25) is 0 Å². The number of rotatable bonds is 6. The highest BCUT2D eigenvalue weighted by atomic mass is 32.2. The molecule has 0 radical (unpaired) electrons. The third-order valence-corrected chi connectivity index (χ3v) is 4.95. The summed E-state index contributed by atoms with van der Waals surface area (Å²) < 4.78 is 5.26. The fourth-order valence-corrected chi connectivity index (χ4v) is 3.75. The van der Waals surface area contributed by atoms with E-state index < -0.39 is 5.97 Å². The Labute approximate surface area is 124 Å². The Morgan fingerprint density at radius 2 is 2.20 bits per heavy atom. The van der Waals surface area contributed by atoms with Crippen molar-refractivity contribution in [3.05, 3.63) is 35.4 Å². The van der Waals surface area contributed by atoms with Crippen molar-refractivity contribution < 1.29 is 14.6 Å². The fourth-order valence-electron chi connectivity index (χ4n) is 2.42. The summed E-state index contributed by atoms with van der Waals surface area (Å²) in [4.78, 5) is 10.7. The number of hydrogen-bond donors (Lipinski definition) is 1. The zero-order valence-corrected chi connectivity index (χ0v) is 12.5. The normalized spacial score (nSPS) is 15.8. The average molecular weight is 292 g/mol. The van der Waals surface area contributed by atoms with Crippen molar-refractivity contribution >= 4 is 23.8 Å². The lowest BCUT2D eigenvalue weighted by atomic mass is 10.1. The molecule has 0 atom stereocenters. The van der Waals surface area contributed by atoms with Crippen LogP contribution in [0, 0.1) is 0 Å². The Balaban J connectivity index is 2.11. The minimum Gasteiger partial charge on any atom is -0.497 e. The SMILES string of the molecule is COc1ccc(C=CC(=O)O)c(CSC2CCCC2)c1. The Morgan fingerprint density at radius 1 is 1.45 bits per heavy atom. The quantitative estimate of drug-likeness (QED) is 0.806. The molecule has 1 aromatic rings. The van der Waals surface area contributed by atoms with Crippen molar-refractivity contribution in [2.75, 3.05) is 7.11 Å². The van der Waals surface area contributed by atoms with Gasteiger partial charge in [0.15, 0.2) is 0 Å². The van der Waals surface area contributed by atoms with Gasteiger partial charge < -0.3 is 9.84 Å². The molecule has 0 bridgehead atoms. The summed E-state index contributed by atoms with van der Waals surface area (Å²) in [6.45, 7) is 0. The Kier molecular flexibility index (Phi) is 5.53. The molecule has 1 N–H and O–H groups in total. The summed E-state index contributed by atoms with van der Waals surface area (Å²) in [6.07, 6.45) is 8.12. The van der Waals surface area contributed by atoms with Crippen LogP contribution in [-0.4, -0.2) is 23.4 Å². The summed E-state index contributed by atoms with van der Waals surface area (Å²) in [5.41, 5.74) is 2.09. The minimum absolute atomic E-state index is 0.748. The summed E-state index contributed by atoms with van der Waals surface area (Å²) in [7, 11) is 1.65. The second-order valence-electron chi connectivity index (χ2n) is 4.95. The third kappa shape index (κ3) is 4.30. The molecule has 0 saturated heterocycles. The third-order valence-electron chi connectivity index (χ3n) is 3.53. The van der Waals surface area contributed by atoms with Gasteiger partial charge in [-0.2, -0.15) is 11.8 Å². The van der Waals surface area contributed by atoms with E-state index in [0.29, 0.717) is 0 Å². The van der Waals surface area contributed by atoms with Gasteiger partial charge >= 0.3 is 5.97 Å². The number of benzene rings is 1. The molecule has 20 heavy (non-hydrogen) atoms. The molecular formula is C16H20O3S. The molecule has 1 fully saturated rings. The lowest BCUT2D eigenvalue weighted by Crippen LogP contribution is -1.97. The standard InChI is InChI=1S/C16H20O3S/c1-19-14-8-6-12(7-9-16(17)18)13(10-14)11-20-15-4-2-3-5-15/h6-10,15H,2-5,11H2,1H3,(H,17,18). The Bertz CT molecular complexity index is 490. The number of thioether (sulfide) groups is 1. The number of carboxylic acids is 1. The maximum Gasteiger partial charge on any atom is 0.328 e. The topological polar surface area (TPSA) is 46.5 Å². The molecule has 1 aromatic carbocycles. The van der Waals surface area contributed by atoms with Crippen LogP contribution in [0.15, 0.2) is 24.3 Å². The van der Waals surface area contributed by atoms with E-state index in [0.717, 1.165) is 27.9 Å². The predicted molar refractivity (Wildman–Crippen MR) is 83.2 cm³/mol. The van der Waals surface area contributed by atoms with Gasteiger partial charge in [0.05, 0.1) is 7.11 Å². The van der Waals surface area contributed by atoms with E-state index >= 15 is 0 Å². The smallest absolute Gasteiger partial charge is 0.328 e. The second kappa shape index (κ2) is 7.39. The molecular weight excluding hydrogens is 272 g/mol. The van der Waals surface area contributed by atoms with Gasteiger partial charge in [-0.05, 0) is 42.2 Å². The first kappa shape index (κ1) is 15.0. The maximum absolute atomic E-state index is 10.7. The van der Waals surface area contributed by atoms with Crippen molar-refractivity contribution in [3.63, 3.8) is 0 Å². The number of ether oxygens (including phenoxy) is 1. The number of aliphatic carboxylic acids is 1. The summed E-state index contributed by atoms with van der Waals surface area (Å²) in [5, 5.41) is 9.50. The predicted octanol–water partition coefficient (Wildman–Crippen LogP) is 3.97. The van der Waals surface area contributed by atoms with E-state index in [9.17, 15) is 4.79 Å². The highest BCUT2D eigenvalue weighted by Crippen LogP contribution is 2.33. The van der Waals surface area contributed by atoms with Gasteiger partial charge in [-0.15, -0.1) is 0 Å². The van der Waals surface area contributed by atoms with Crippen LogP contribution >= 0.6 is 11.8 Å². The molecule has 1 aliphatic carbocycles. The molecule has 0 amide bonds. The fraction of sp³-hybridized carbons (Fsp3) is 0.438. The highest BCUT2D eigenvalue weighted by Gasteiger charge is 2.16. The van der Waals surface area contributed by atoms with Crippen molar-refractivity contribution in [3.8, 4) is 5.75 Å². The largest absolute Gasteiger partial charge is 0.497 e. The summed E-state index contributed by atoms with van der Waals surface area (Å²) in [5.74, 6) is 0.802. The molecule has 108 valence electrons. The molecule has 0 aliphatic heterocycles. The lowest BCUT2D eigenvalue weighted by Gasteiger charge is -2.12. The van der Waals surface area contributed by atoms with Crippen LogP contribution in [0.1, 0.15) is 36.8 Å². The van der Waals surface area contributed by atoms with Crippen molar-refractivity contribution in [2.45, 2.75) is 36.7 Å². The first-order valence-electron chi connectivity index (χ1n) is 6.88. The molecule has 2 rings (SSSR count). The van der Waals surface area contributed by atoms with Crippen molar-refractivity contribution in [2.24, 2.45) is 0 Å². The van der Waals surface area contributed by atoms with Gasteiger partial charge in [0.1, 0.15) is 5.75 Å². The molecule has 4 heteroatoms. The van der Waals surface area contributed by atoms with Gasteiger partial charge in [-0.3, -0.25) is 0 Å². The first-order chi connectivity index (χ1) is 9.69. The van der Waals surface area contributed by atoms with E-state index in [2.05, 4.69) is 0 Å². The zero-order chi connectivity index (χ0) is 14.4. The van der Waals surface area contributed by atoms with Crippen LogP contribution in [0.3, 0.4) is 0 Å². The summed E-state index contributed by atoms with van der Waals surface area (Å²) >= 11 is 1.97. The first-order valence-corrected chi connectivity index (χ1v) is 7.93. The lowest BCUT2D eigenvalue weighted by molar-refractivity contribution is -0.131. The number of methoxy groups -OCH3 is 1. The van der Waals surface area contributed by atoms with E-state index in [1.165, 1.54) is 31.8 Å². The number of carbonyl (C=O) groups is 1. The average Bonchev–Trinajstić information content (AvgIpc) is 2.96. The Morgan fingerprint density at radius 3 is 2.85 bits per heavy atom. The van der Waals surface area contributed by atoms with Crippen LogP contribution in [0.2, 0.25) is 0 Å². The molecule has 0 heterocycles. The van der Waals surface area contributed by atoms with Gasteiger partial charge in [-0.25, -0.2) is 4.79 Å². The molecule has 0 aromatic heterocycles. The van der Waals surface area contributed by atoms with Gasteiger partial charge in [-0.1, -0.05) is 18.9 Å².